The van der Waals surface area contributed by atoms with Crippen molar-refractivity contribution in [1.29, 1.82) is 0 Å². The zero-order valence-corrected chi connectivity index (χ0v) is 23.1. The first kappa shape index (κ1) is 32.5. The number of alkyl halides is 3. The van der Waals surface area contributed by atoms with Crippen LogP contribution in [0.1, 0.15) is 58.4 Å². The molecule has 3 rings (SSSR count). The normalized spacial score (nSPS) is 11.2. The van der Waals surface area contributed by atoms with E-state index < -0.39 is 30.0 Å². The molecule has 0 aliphatic rings. The molecule has 4 N–H and O–H groups in total. The largest absolute Gasteiger partial charge is 0.573 e. The Bertz CT molecular complexity index is 1390. The van der Waals surface area contributed by atoms with E-state index in [4.69, 9.17) is 25.7 Å². The van der Waals surface area contributed by atoms with Gasteiger partial charge in [0.25, 0.3) is 0 Å². The van der Waals surface area contributed by atoms with Crippen LogP contribution in [-0.4, -0.2) is 37.5 Å². The lowest BCUT2D eigenvalue weighted by Gasteiger charge is -2.09. The third kappa shape index (κ3) is 12.2. The van der Waals surface area contributed by atoms with Crippen molar-refractivity contribution in [2.24, 2.45) is 0 Å². The van der Waals surface area contributed by atoms with E-state index in [0.29, 0.717) is 35.3 Å². The van der Waals surface area contributed by atoms with Gasteiger partial charge in [0, 0.05) is 17.5 Å². The Balaban J connectivity index is 1.27. The fourth-order valence-corrected chi connectivity index (χ4v) is 3.77. The van der Waals surface area contributed by atoms with E-state index in [1.807, 2.05) is 0 Å². The summed E-state index contributed by atoms with van der Waals surface area (Å²) in [5, 5.41) is 0. The third-order valence-corrected chi connectivity index (χ3v) is 5.81. The van der Waals surface area contributed by atoms with E-state index in [2.05, 4.69) is 4.74 Å². The molecule has 12 heteroatoms. The van der Waals surface area contributed by atoms with E-state index in [9.17, 15) is 27.6 Å². The molecule has 0 radical (unpaired) electrons. The van der Waals surface area contributed by atoms with Gasteiger partial charge in [0.05, 0.1) is 24.3 Å². The van der Waals surface area contributed by atoms with Crippen LogP contribution < -0.4 is 20.9 Å². The minimum Gasteiger partial charge on any atom is -0.463 e. The van der Waals surface area contributed by atoms with Crippen LogP contribution in [0.2, 0.25) is 0 Å². The Hall–Kier alpha value is -5.00. The number of unbranched alkanes of at least 4 members (excludes halogenated alkanes) is 4. The van der Waals surface area contributed by atoms with Gasteiger partial charge in [-0.05, 0) is 79.1 Å². The number of nitrogen functional groups attached to an aromatic ring is 2. The average molecular weight is 601 g/mol. The number of halogens is 3. The minimum absolute atomic E-state index is 0.0446. The van der Waals surface area contributed by atoms with Crippen LogP contribution in [0.5, 0.6) is 11.5 Å². The fraction of sp³-hybridized carbons (Fsp3) is 0.258. The number of nitrogens with two attached hydrogens (primary N) is 2. The topological polar surface area (TPSA) is 140 Å². The van der Waals surface area contributed by atoms with Crippen molar-refractivity contribution in [1.82, 2.24) is 0 Å². The van der Waals surface area contributed by atoms with E-state index in [0.717, 1.165) is 43.5 Å². The van der Waals surface area contributed by atoms with Crippen molar-refractivity contribution in [3.8, 4) is 11.5 Å². The predicted molar refractivity (Wildman–Crippen MR) is 153 cm³/mol. The van der Waals surface area contributed by atoms with Gasteiger partial charge in [-0.15, -0.1) is 13.2 Å². The maximum atomic E-state index is 12.3. The van der Waals surface area contributed by atoms with Gasteiger partial charge in [-0.2, -0.15) is 0 Å². The van der Waals surface area contributed by atoms with Crippen LogP contribution in [-0.2, 0) is 14.3 Å². The number of hydrogen-bond acceptors (Lipinski definition) is 9. The molecular formula is C31H31F3N2O7. The molecule has 0 saturated carbocycles. The molecule has 0 unspecified atom stereocenters. The highest BCUT2D eigenvalue weighted by molar-refractivity contribution is 5.92. The zero-order chi connectivity index (χ0) is 31.2. The first-order valence-corrected chi connectivity index (χ1v) is 13.3. The lowest BCUT2D eigenvalue weighted by atomic mass is 10.1. The average Bonchev–Trinajstić information content (AvgIpc) is 2.94. The number of esters is 3. The van der Waals surface area contributed by atoms with Crippen LogP contribution in [0.4, 0.5) is 24.5 Å². The van der Waals surface area contributed by atoms with Gasteiger partial charge in [0.15, 0.2) is 0 Å². The smallest absolute Gasteiger partial charge is 0.463 e. The molecule has 0 heterocycles. The molecule has 43 heavy (non-hydrogen) atoms. The second kappa shape index (κ2) is 15.9. The van der Waals surface area contributed by atoms with Crippen molar-refractivity contribution in [2.75, 3.05) is 24.7 Å². The molecule has 3 aromatic rings. The van der Waals surface area contributed by atoms with Crippen molar-refractivity contribution < 1.29 is 46.5 Å². The molecule has 0 bridgehead atoms. The van der Waals surface area contributed by atoms with Crippen LogP contribution in [0.25, 0.3) is 6.08 Å². The lowest BCUT2D eigenvalue weighted by Crippen LogP contribution is -2.17. The van der Waals surface area contributed by atoms with Gasteiger partial charge in [0.1, 0.15) is 11.5 Å². The molecule has 0 fully saturated rings. The summed E-state index contributed by atoms with van der Waals surface area (Å²) in [5.74, 6) is -1.96. The summed E-state index contributed by atoms with van der Waals surface area (Å²) >= 11 is 0. The van der Waals surface area contributed by atoms with Gasteiger partial charge < -0.3 is 30.4 Å². The summed E-state index contributed by atoms with van der Waals surface area (Å²) in [4.78, 5) is 36.2. The van der Waals surface area contributed by atoms with Crippen LogP contribution in [0.3, 0.4) is 0 Å². The molecule has 0 aliphatic heterocycles. The van der Waals surface area contributed by atoms with E-state index in [1.54, 1.807) is 24.3 Å². The summed E-state index contributed by atoms with van der Waals surface area (Å²) in [7, 11) is 0. The number of carbonyl (C=O) groups is 3. The maximum absolute atomic E-state index is 12.3. The summed E-state index contributed by atoms with van der Waals surface area (Å²) < 4.78 is 56.2. The minimum atomic E-state index is -4.83. The molecule has 0 atom stereocenters. The molecule has 0 saturated heterocycles. The summed E-state index contributed by atoms with van der Waals surface area (Å²) in [5.41, 5.74) is 13.2. The Labute approximate surface area is 246 Å². The van der Waals surface area contributed by atoms with Gasteiger partial charge in [0.2, 0.25) is 0 Å². The third-order valence-electron chi connectivity index (χ3n) is 5.81. The lowest BCUT2D eigenvalue weighted by molar-refractivity contribution is -0.274. The maximum Gasteiger partial charge on any atom is 0.573 e. The van der Waals surface area contributed by atoms with Crippen LogP contribution in [0, 0.1) is 0 Å². The SMILES string of the molecule is Nc1cc(N)cc(C(=O)OCCCCCCCOC(=O)C=Cc2ccc(OC(=O)c3ccc(OC(F)(F)F)cc3)cc2)c1. The van der Waals surface area contributed by atoms with Gasteiger partial charge in [-0.25, -0.2) is 14.4 Å². The first-order chi connectivity index (χ1) is 20.5. The highest BCUT2D eigenvalue weighted by Gasteiger charge is 2.31. The van der Waals surface area contributed by atoms with E-state index in [-0.39, 0.29) is 24.5 Å². The number of anilines is 2. The fourth-order valence-electron chi connectivity index (χ4n) is 3.77. The molecule has 9 nitrogen and oxygen atoms in total. The molecule has 0 aliphatic carbocycles. The zero-order valence-electron chi connectivity index (χ0n) is 23.1. The second-order valence-corrected chi connectivity index (χ2v) is 9.32. The number of ether oxygens (including phenoxy) is 4. The summed E-state index contributed by atoms with van der Waals surface area (Å²) in [6.07, 6.45) is 2.01. The van der Waals surface area contributed by atoms with Gasteiger partial charge in [-0.1, -0.05) is 31.4 Å². The first-order valence-electron chi connectivity index (χ1n) is 13.3. The molecule has 0 aromatic heterocycles. The number of carbonyl (C=O) groups excluding carboxylic acids is 3. The monoisotopic (exact) mass is 600 g/mol. The molecule has 0 amide bonds. The summed E-state index contributed by atoms with van der Waals surface area (Å²) in [6.45, 7) is 0.557. The van der Waals surface area contributed by atoms with Gasteiger partial charge in [-0.3, -0.25) is 0 Å². The quantitative estimate of drug-likeness (QED) is 0.0714. The predicted octanol–water partition coefficient (Wildman–Crippen LogP) is 6.33. The van der Waals surface area contributed by atoms with E-state index in [1.165, 1.54) is 30.3 Å². The van der Waals surface area contributed by atoms with Gasteiger partial charge >= 0.3 is 24.3 Å². The Morgan fingerprint density at radius 1 is 0.674 bits per heavy atom. The highest BCUT2D eigenvalue weighted by atomic mass is 19.4. The number of rotatable bonds is 14. The Morgan fingerprint density at radius 3 is 1.84 bits per heavy atom. The summed E-state index contributed by atoms with van der Waals surface area (Å²) in [6, 6.07) is 15.2. The Morgan fingerprint density at radius 2 is 1.23 bits per heavy atom. The van der Waals surface area contributed by atoms with E-state index >= 15 is 0 Å². The molecular weight excluding hydrogens is 569 g/mol. The highest BCUT2D eigenvalue weighted by Crippen LogP contribution is 2.23. The van der Waals surface area contributed by atoms with Crippen LogP contribution in [0.15, 0.2) is 72.8 Å². The van der Waals surface area contributed by atoms with Crippen LogP contribution >= 0.6 is 0 Å². The number of benzene rings is 3. The van der Waals surface area contributed by atoms with Crippen molar-refractivity contribution in [3.63, 3.8) is 0 Å². The molecule has 3 aromatic carbocycles. The van der Waals surface area contributed by atoms with Crippen molar-refractivity contribution in [2.45, 2.75) is 38.5 Å². The second-order valence-electron chi connectivity index (χ2n) is 9.32. The van der Waals surface area contributed by atoms with Crippen molar-refractivity contribution in [3.05, 3.63) is 89.5 Å². The Kier molecular flexibility index (Phi) is 12.0. The van der Waals surface area contributed by atoms with Crippen molar-refractivity contribution >= 4 is 35.4 Å². The molecule has 228 valence electrons. The molecule has 0 spiro atoms. The standard InChI is InChI=1S/C31H31F3N2O7/c32-31(33,34)43-27-13-9-22(10-14-27)30(39)42-26-11-6-21(7-12-26)8-15-28(37)40-16-4-2-1-3-5-17-41-29(38)23-18-24(35)20-25(36)19-23/h6-15,18-20H,1-5,16-17,35-36H2. The number of hydrogen-bond donors (Lipinski definition) is 2.